The molecular formula is C19H20N4O2S. The molecular weight excluding hydrogens is 348 g/mol. The maximum absolute atomic E-state index is 12.5. The molecule has 4 rings (SSSR count). The number of nitrogen functional groups attached to an aromatic ring is 1. The normalized spacial score (nSPS) is 17.3. The molecule has 7 heteroatoms. The fourth-order valence-electron chi connectivity index (χ4n) is 3.34. The van der Waals surface area contributed by atoms with E-state index in [0.717, 1.165) is 36.4 Å². The molecule has 26 heavy (non-hydrogen) atoms. The van der Waals surface area contributed by atoms with Crippen LogP contribution >= 0.6 is 11.3 Å². The van der Waals surface area contributed by atoms with Crippen molar-refractivity contribution in [2.24, 2.45) is 0 Å². The van der Waals surface area contributed by atoms with Gasteiger partial charge in [0.15, 0.2) is 5.82 Å². The second-order valence-corrected chi connectivity index (χ2v) is 7.38. The van der Waals surface area contributed by atoms with Gasteiger partial charge in [0.1, 0.15) is 5.75 Å². The summed E-state index contributed by atoms with van der Waals surface area (Å²) in [4.78, 5) is 17.8. The molecule has 2 aromatic heterocycles. The standard InChI is InChI=1S/C19H20N4O2S/c20-18-19(25)23(13-3-1-7-21-10-13)11-15(22-18)14-9-12(5-6-16(14)24)17-4-2-8-26-17/h2,4-6,8-9,11,13,21,24H,1,3,7,10H2,(H2,20,22). The molecule has 0 spiro atoms. The topological polar surface area (TPSA) is 93.2 Å². The zero-order valence-corrected chi connectivity index (χ0v) is 15.0. The van der Waals surface area contributed by atoms with Crippen LogP contribution in [0.4, 0.5) is 5.82 Å². The summed E-state index contributed by atoms with van der Waals surface area (Å²) in [6, 6.07) is 9.46. The van der Waals surface area contributed by atoms with Gasteiger partial charge < -0.3 is 20.7 Å². The van der Waals surface area contributed by atoms with E-state index in [9.17, 15) is 9.90 Å². The second kappa shape index (κ2) is 6.93. The van der Waals surface area contributed by atoms with Crippen LogP contribution in [0.3, 0.4) is 0 Å². The summed E-state index contributed by atoms with van der Waals surface area (Å²) in [5.41, 5.74) is 7.69. The Labute approximate surface area is 154 Å². The number of phenolic OH excluding ortho intramolecular Hbond substituents is 1. The van der Waals surface area contributed by atoms with Crippen molar-refractivity contribution >= 4 is 17.2 Å². The van der Waals surface area contributed by atoms with E-state index in [1.54, 1.807) is 28.2 Å². The summed E-state index contributed by atoms with van der Waals surface area (Å²) in [7, 11) is 0. The molecule has 4 N–H and O–H groups in total. The Hall–Kier alpha value is -2.64. The minimum atomic E-state index is -0.281. The van der Waals surface area contributed by atoms with E-state index in [0.29, 0.717) is 11.3 Å². The van der Waals surface area contributed by atoms with Gasteiger partial charge in [0.2, 0.25) is 0 Å². The smallest absolute Gasteiger partial charge is 0.293 e. The third-order valence-electron chi connectivity index (χ3n) is 4.70. The highest BCUT2D eigenvalue weighted by Crippen LogP contribution is 2.34. The SMILES string of the molecule is Nc1nc(-c2cc(-c3cccs3)ccc2O)cn(C2CCCNC2)c1=O. The number of phenols is 1. The van der Waals surface area contributed by atoms with Crippen molar-refractivity contribution in [3.8, 4) is 27.4 Å². The van der Waals surface area contributed by atoms with E-state index >= 15 is 0 Å². The Kier molecular flexibility index (Phi) is 4.48. The van der Waals surface area contributed by atoms with E-state index in [2.05, 4.69) is 10.3 Å². The average Bonchev–Trinajstić information content (AvgIpc) is 3.20. The van der Waals surface area contributed by atoms with Crippen LogP contribution in [0.5, 0.6) is 5.75 Å². The number of nitrogens with two attached hydrogens (primary N) is 1. The summed E-state index contributed by atoms with van der Waals surface area (Å²) < 4.78 is 1.65. The second-order valence-electron chi connectivity index (χ2n) is 6.43. The molecule has 0 aliphatic carbocycles. The number of benzene rings is 1. The molecule has 6 nitrogen and oxygen atoms in total. The number of aromatic nitrogens is 2. The summed E-state index contributed by atoms with van der Waals surface area (Å²) >= 11 is 1.63. The first-order chi connectivity index (χ1) is 12.6. The summed E-state index contributed by atoms with van der Waals surface area (Å²) in [6.07, 6.45) is 3.63. The van der Waals surface area contributed by atoms with Crippen LogP contribution in [0.15, 0.2) is 46.7 Å². The fraction of sp³-hybridized carbons (Fsp3) is 0.263. The van der Waals surface area contributed by atoms with Crippen LogP contribution in [0.1, 0.15) is 18.9 Å². The van der Waals surface area contributed by atoms with Gasteiger partial charge in [-0.05, 0) is 54.6 Å². The zero-order valence-electron chi connectivity index (χ0n) is 14.2. The molecule has 0 amide bonds. The lowest BCUT2D eigenvalue weighted by Crippen LogP contribution is -2.37. The third kappa shape index (κ3) is 3.11. The van der Waals surface area contributed by atoms with Gasteiger partial charge in [-0.1, -0.05) is 6.07 Å². The van der Waals surface area contributed by atoms with Gasteiger partial charge >= 0.3 is 0 Å². The largest absolute Gasteiger partial charge is 0.507 e. The lowest BCUT2D eigenvalue weighted by Gasteiger charge is -2.25. The molecule has 1 fully saturated rings. The Morgan fingerprint density at radius 1 is 1.35 bits per heavy atom. The van der Waals surface area contributed by atoms with Gasteiger partial charge in [-0.3, -0.25) is 4.79 Å². The Balaban J connectivity index is 1.82. The Morgan fingerprint density at radius 3 is 2.96 bits per heavy atom. The number of hydrogen-bond donors (Lipinski definition) is 3. The Bertz CT molecular complexity index is 976. The minimum Gasteiger partial charge on any atom is -0.507 e. The number of piperidine rings is 1. The van der Waals surface area contributed by atoms with Crippen LogP contribution < -0.4 is 16.6 Å². The quantitative estimate of drug-likeness (QED) is 0.661. The molecule has 134 valence electrons. The lowest BCUT2D eigenvalue weighted by atomic mass is 10.0. The summed E-state index contributed by atoms with van der Waals surface area (Å²) in [5, 5.41) is 15.7. The Morgan fingerprint density at radius 2 is 2.23 bits per heavy atom. The number of hydrogen-bond acceptors (Lipinski definition) is 6. The first-order valence-corrected chi connectivity index (χ1v) is 9.48. The van der Waals surface area contributed by atoms with Crippen LogP contribution in [0, 0.1) is 0 Å². The molecule has 1 aromatic carbocycles. The van der Waals surface area contributed by atoms with Crippen molar-refractivity contribution in [3.63, 3.8) is 0 Å². The maximum Gasteiger partial charge on any atom is 0.293 e. The predicted molar refractivity (Wildman–Crippen MR) is 104 cm³/mol. The number of anilines is 1. The van der Waals surface area contributed by atoms with Gasteiger partial charge in [0.25, 0.3) is 5.56 Å². The molecule has 1 aliphatic rings. The molecule has 1 aliphatic heterocycles. The number of thiophene rings is 1. The monoisotopic (exact) mass is 368 g/mol. The van der Waals surface area contributed by atoms with Gasteiger partial charge in [0, 0.05) is 29.2 Å². The molecule has 0 radical (unpaired) electrons. The van der Waals surface area contributed by atoms with E-state index in [4.69, 9.17) is 5.73 Å². The van der Waals surface area contributed by atoms with Gasteiger partial charge in [-0.15, -0.1) is 11.3 Å². The predicted octanol–water partition coefficient (Wildman–Crippen LogP) is 2.85. The highest BCUT2D eigenvalue weighted by molar-refractivity contribution is 7.13. The lowest BCUT2D eigenvalue weighted by molar-refractivity contribution is 0.364. The van der Waals surface area contributed by atoms with Gasteiger partial charge in [-0.25, -0.2) is 4.98 Å². The molecule has 3 heterocycles. The van der Waals surface area contributed by atoms with Crippen molar-refractivity contribution in [2.75, 3.05) is 18.8 Å². The molecule has 0 bridgehead atoms. The number of rotatable bonds is 3. The van der Waals surface area contributed by atoms with Gasteiger partial charge in [0.05, 0.1) is 5.69 Å². The minimum absolute atomic E-state index is 0.0444. The van der Waals surface area contributed by atoms with Crippen molar-refractivity contribution in [1.82, 2.24) is 14.9 Å². The summed E-state index contributed by atoms with van der Waals surface area (Å²) in [6.45, 7) is 1.69. The number of aromatic hydroxyl groups is 1. The number of nitrogens with one attached hydrogen (secondary N) is 1. The molecule has 1 atom stereocenters. The first-order valence-electron chi connectivity index (χ1n) is 8.60. The molecule has 0 saturated carbocycles. The van der Waals surface area contributed by atoms with E-state index in [-0.39, 0.29) is 23.2 Å². The maximum atomic E-state index is 12.5. The van der Waals surface area contributed by atoms with Crippen molar-refractivity contribution in [2.45, 2.75) is 18.9 Å². The van der Waals surface area contributed by atoms with Crippen LogP contribution in [-0.2, 0) is 0 Å². The van der Waals surface area contributed by atoms with E-state index in [1.165, 1.54) is 0 Å². The summed E-state index contributed by atoms with van der Waals surface area (Å²) in [5.74, 6) is 0.0678. The van der Waals surface area contributed by atoms with Crippen LogP contribution in [0.2, 0.25) is 0 Å². The molecule has 1 unspecified atom stereocenters. The first kappa shape index (κ1) is 16.8. The zero-order chi connectivity index (χ0) is 18.1. The molecule has 3 aromatic rings. The highest BCUT2D eigenvalue weighted by Gasteiger charge is 2.19. The van der Waals surface area contributed by atoms with Crippen LogP contribution in [0.25, 0.3) is 21.7 Å². The van der Waals surface area contributed by atoms with Crippen molar-refractivity contribution in [3.05, 3.63) is 52.3 Å². The number of nitrogens with zero attached hydrogens (tertiary/aromatic N) is 2. The highest BCUT2D eigenvalue weighted by atomic mass is 32.1. The molecule has 1 saturated heterocycles. The van der Waals surface area contributed by atoms with Crippen LogP contribution in [-0.4, -0.2) is 27.7 Å². The van der Waals surface area contributed by atoms with Crippen molar-refractivity contribution in [1.29, 1.82) is 0 Å². The third-order valence-corrected chi connectivity index (χ3v) is 5.62. The fourth-order valence-corrected chi connectivity index (χ4v) is 4.06. The van der Waals surface area contributed by atoms with E-state index < -0.39 is 0 Å². The average molecular weight is 368 g/mol. The van der Waals surface area contributed by atoms with Gasteiger partial charge in [-0.2, -0.15) is 0 Å². The van der Waals surface area contributed by atoms with E-state index in [1.807, 2.05) is 29.6 Å². The van der Waals surface area contributed by atoms with Crippen molar-refractivity contribution < 1.29 is 5.11 Å².